The molecule has 16 nitrogen and oxygen atoms in total. The summed E-state index contributed by atoms with van der Waals surface area (Å²) in [5.41, 5.74) is 2.22. The van der Waals surface area contributed by atoms with Crippen LogP contribution in [0.4, 0.5) is 0 Å². The molecule has 0 heterocycles. The highest BCUT2D eigenvalue weighted by molar-refractivity contribution is 5.84. The predicted octanol–water partition coefficient (Wildman–Crippen LogP) is 3.79. The van der Waals surface area contributed by atoms with Crippen molar-refractivity contribution < 1.29 is 53.6 Å². The van der Waals surface area contributed by atoms with Crippen molar-refractivity contribution in [1.82, 2.24) is 21.4 Å². The molecular formula is C37H69N5O11. The molecule has 0 aliphatic carbocycles. The van der Waals surface area contributed by atoms with Crippen LogP contribution in [0, 0.1) is 0 Å². The van der Waals surface area contributed by atoms with E-state index in [9.17, 15) is 33.9 Å². The Balaban J connectivity index is 3.68. The summed E-state index contributed by atoms with van der Waals surface area (Å²) in [6.45, 7) is 1.05. The second-order valence-electron chi connectivity index (χ2n) is 13.5. The van der Waals surface area contributed by atoms with E-state index in [0.717, 1.165) is 38.5 Å². The lowest BCUT2D eigenvalue weighted by Crippen LogP contribution is -2.41. The number of unbranched alkanes of at least 4 members (excludes halogenated alkanes) is 16. The fourth-order valence-electron chi connectivity index (χ4n) is 5.60. The van der Waals surface area contributed by atoms with Gasteiger partial charge in [-0.3, -0.25) is 29.8 Å². The smallest absolute Gasteiger partial charge is 0.326 e. The molecule has 0 saturated carbocycles. The molecule has 0 aliphatic rings. The van der Waals surface area contributed by atoms with Crippen molar-refractivity contribution in [1.29, 1.82) is 0 Å². The van der Waals surface area contributed by atoms with Crippen LogP contribution >= 0.6 is 0 Å². The number of hydrazine groups is 1. The van der Waals surface area contributed by atoms with Gasteiger partial charge in [-0.25, -0.2) is 10.2 Å². The van der Waals surface area contributed by atoms with Gasteiger partial charge in [0.15, 0.2) is 0 Å². The first-order valence-electron chi connectivity index (χ1n) is 19.7. The number of nitrogens with one attached hydrogen (secondary N) is 4. The Labute approximate surface area is 315 Å². The summed E-state index contributed by atoms with van der Waals surface area (Å²) in [5.74, 6) is 1.29. The minimum atomic E-state index is -1.18. The highest BCUT2D eigenvalue weighted by atomic mass is 16.5. The lowest BCUT2D eigenvalue weighted by atomic mass is 10.0. The van der Waals surface area contributed by atoms with Crippen LogP contribution in [0.2, 0.25) is 0 Å². The first kappa shape index (κ1) is 49.7. The highest BCUT2D eigenvalue weighted by Gasteiger charge is 2.21. The number of ether oxygens (including phenoxy) is 2. The van der Waals surface area contributed by atoms with Crippen molar-refractivity contribution in [2.75, 3.05) is 39.5 Å². The van der Waals surface area contributed by atoms with Crippen LogP contribution in [-0.2, 0) is 38.2 Å². The molecule has 0 spiro atoms. The Hall–Kier alpha value is -3.34. The van der Waals surface area contributed by atoms with Gasteiger partial charge in [-0.2, -0.15) is 0 Å². The zero-order valence-electron chi connectivity index (χ0n) is 31.8. The molecule has 9 N–H and O–H groups in total. The second kappa shape index (κ2) is 35.7. The van der Waals surface area contributed by atoms with Crippen LogP contribution < -0.4 is 27.2 Å². The van der Waals surface area contributed by atoms with Crippen molar-refractivity contribution in [3.05, 3.63) is 0 Å². The summed E-state index contributed by atoms with van der Waals surface area (Å²) in [4.78, 5) is 69.2. The quantitative estimate of drug-likeness (QED) is 0.0253. The Kier molecular flexibility index (Phi) is 33.4. The van der Waals surface area contributed by atoms with E-state index < -0.39 is 30.0 Å². The van der Waals surface area contributed by atoms with Gasteiger partial charge in [-0.05, 0) is 38.5 Å². The first-order valence-corrected chi connectivity index (χ1v) is 19.7. The number of rotatable bonds is 39. The molecule has 0 fully saturated rings. The molecule has 0 saturated heterocycles. The average Bonchev–Trinajstić information content (AvgIpc) is 3.11. The largest absolute Gasteiger partial charge is 0.481 e. The van der Waals surface area contributed by atoms with Gasteiger partial charge in [0.1, 0.15) is 18.7 Å². The second-order valence-corrected chi connectivity index (χ2v) is 13.5. The monoisotopic (exact) mass is 759 g/mol. The van der Waals surface area contributed by atoms with Crippen molar-refractivity contribution in [2.24, 2.45) is 5.84 Å². The molecule has 0 rings (SSSR count). The Morgan fingerprint density at radius 2 is 0.962 bits per heavy atom. The number of carbonyl (C=O) groups excluding carboxylic acids is 3. The Morgan fingerprint density at radius 1 is 0.472 bits per heavy atom. The summed E-state index contributed by atoms with van der Waals surface area (Å²) in [6.07, 6.45) is 19.9. The third kappa shape index (κ3) is 34.2. The van der Waals surface area contributed by atoms with Crippen LogP contribution in [0.15, 0.2) is 0 Å². The molecular weight excluding hydrogens is 690 g/mol. The summed E-state index contributed by atoms with van der Waals surface area (Å²) in [7, 11) is 0. The molecule has 308 valence electrons. The lowest BCUT2D eigenvalue weighted by molar-refractivity contribution is -0.142. The van der Waals surface area contributed by atoms with Gasteiger partial charge in [0.25, 0.3) is 0 Å². The van der Waals surface area contributed by atoms with E-state index in [4.69, 9.17) is 25.5 Å². The SMILES string of the molecule is NNC(CCCCNC(=O)COCCOCCNC(=O)CCC(NC(=O)CCCCCCCCCCCCCCCCCCC(=O)O)C(=O)O)C(=O)O. The van der Waals surface area contributed by atoms with Crippen molar-refractivity contribution in [3.8, 4) is 0 Å². The van der Waals surface area contributed by atoms with Gasteiger partial charge in [0.05, 0.1) is 19.8 Å². The number of carboxylic acid groups (broad SMARTS) is 3. The van der Waals surface area contributed by atoms with Gasteiger partial charge < -0.3 is 40.7 Å². The summed E-state index contributed by atoms with van der Waals surface area (Å²) in [5, 5.41) is 34.9. The maximum atomic E-state index is 12.3. The maximum Gasteiger partial charge on any atom is 0.326 e. The van der Waals surface area contributed by atoms with Crippen LogP contribution in [0.1, 0.15) is 148 Å². The minimum Gasteiger partial charge on any atom is -0.481 e. The molecule has 0 aromatic carbocycles. The number of aliphatic carboxylic acids is 3. The summed E-state index contributed by atoms with van der Waals surface area (Å²) >= 11 is 0. The van der Waals surface area contributed by atoms with Crippen molar-refractivity contribution >= 4 is 35.6 Å². The van der Waals surface area contributed by atoms with Gasteiger partial charge in [-0.1, -0.05) is 89.9 Å². The fourth-order valence-corrected chi connectivity index (χ4v) is 5.60. The Morgan fingerprint density at radius 3 is 1.47 bits per heavy atom. The topological polar surface area (TPSA) is 256 Å². The van der Waals surface area contributed by atoms with Crippen LogP contribution in [0.5, 0.6) is 0 Å². The van der Waals surface area contributed by atoms with E-state index in [1.807, 2.05) is 0 Å². The zero-order chi connectivity index (χ0) is 39.4. The molecule has 16 heteroatoms. The third-order valence-electron chi connectivity index (χ3n) is 8.75. The van der Waals surface area contributed by atoms with Gasteiger partial charge in [0, 0.05) is 32.4 Å². The van der Waals surface area contributed by atoms with Crippen LogP contribution in [0.3, 0.4) is 0 Å². The molecule has 0 radical (unpaired) electrons. The summed E-state index contributed by atoms with van der Waals surface area (Å²) < 4.78 is 10.6. The molecule has 0 aromatic rings. The number of carboxylic acids is 3. The van der Waals surface area contributed by atoms with E-state index in [-0.39, 0.29) is 76.4 Å². The number of hydrogen-bond acceptors (Lipinski definition) is 10. The van der Waals surface area contributed by atoms with Crippen LogP contribution in [-0.4, -0.2) is 103 Å². The van der Waals surface area contributed by atoms with E-state index in [2.05, 4.69) is 21.4 Å². The predicted molar refractivity (Wildman–Crippen MR) is 200 cm³/mol. The molecule has 0 aromatic heterocycles. The van der Waals surface area contributed by atoms with E-state index in [1.165, 1.54) is 57.8 Å². The Bertz CT molecular complexity index is 1000. The normalized spacial score (nSPS) is 12.2. The zero-order valence-corrected chi connectivity index (χ0v) is 31.8. The first-order chi connectivity index (χ1) is 25.6. The molecule has 0 bridgehead atoms. The number of nitrogens with two attached hydrogens (primary N) is 1. The molecule has 3 amide bonds. The fraction of sp³-hybridized carbons (Fsp3) is 0.838. The molecule has 2 atom stereocenters. The van der Waals surface area contributed by atoms with Gasteiger partial charge >= 0.3 is 17.9 Å². The molecule has 53 heavy (non-hydrogen) atoms. The summed E-state index contributed by atoms with van der Waals surface area (Å²) in [6, 6.07) is -1.95. The lowest BCUT2D eigenvalue weighted by Gasteiger charge is -2.14. The third-order valence-corrected chi connectivity index (χ3v) is 8.75. The maximum absolute atomic E-state index is 12.3. The highest BCUT2D eigenvalue weighted by Crippen LogP contribution is 2.14. The van der Waals surface area contributed by atoms with Gasteiger partial charge in [0.2, 0.25) is 17.7 Å². The van der Waals surface area contributed by atoms with E-state index >= 15 is 0 Å². The molecule has 0 aliphatic heterocycles. The number of hydrogen-bond donors (Lipinski definition) is 8. The standard InChI is InChI=1S/C37H69N5O11/c38-42-31(37(50)51)19-17-18-24-39-34(45)29-53-28-27-52-26-25-40-32(43)23-22-30(36(48)49)41-33(44)20-15-13-11-9-7-5-3-1-2-4-6-8-10-12-14-16-21-35(46)47/h30-31,42H,1-29,38H2,(H,39,45)(H,40,43)(H,41,44)(H,46,47)(H,48,49)(H,50,51). The minimum absolute atomic E-state index is 0.0202. The van der Waals surface area contributed by atoms with Crippen molar-refractivity contribution in [2.45, 2.75) is 160 Å². The van der Waals surface area contributed by atoms with E-state index in [1.54, 1.807) is 0 Å². The van der Waals surface area contributed by atoms with Crippen LogP contribution in [0.25, 0.3) is 0 Å². The van der Waals surface area contributed by atoms with Gasteiger partial charge in [-0.15, -0.1) is 0 Å². The number of carbonyl (C=O) groups is 6. The molecule has 2 unspecified atom stereocenters. The average molecular weight is 760 g/mol. The number of amides is 3. The van der Waals surface area contributed by atoms with E-state index in [0.29, 0.717) is 32.2 Å². The van der Waals surface area contributed by atoms with Crippen molar-refractivity contribution in [3.63, 3.8) is 0 Å².